The van der Waals surface area contributed by atoms with Gasteiger partial charge in [-0.15, -0.1) is 0 Å². The van der Waals surface area contributed by atoms with E-state index < -0.39 is 0 Å². The zero-order valence-electron chi connectivity index (χ0n) is 20.0. The molecule has 36 heavy (non-hydrogen) atoms. The van der Waals surface area contributed by atoms with Crippen molar-refractivity contribution in [3.8, 4) is 0 Å². The van der Waals surface area contributed by atoms with Crippen LogP contribution in [0.4, 0.5) is 4.39 Å². The monoisotopic (exact) mass is 481 g/mol. The zero-order valence-corrected chi connectivity index (χ0v) is 20.0. The Morgan fingerprint density at radius 1 is 0.750 bits per heavy atom. The van der Waals surface area contributed by atoms with Crippen molar-refractivity contribution in [1.29, 1.82) is 0 Å². The predicted octanol–water partition coefficient (Wildman–Crippen LogP) is 6.11. The summed E-state index contributed by atoms with van der Waals surface area (Å²) < 4.78 is 13.0. The Morgan fingerprint density at radius 3 is 1.89 bits per heavy atom. The van der Waals surface area contributed by atoms with E-state index in [1.807, 2.05) is 36.4 Å². The summed E-state index contributed by atoms with van der Waals surface area (Å²) >= 11 is 0. The highest BCUT2D eigenvalue weighted by Gasteiger charge is 2.21. The van der Waals surface area contributed by atoms with E-state index >= 15 is 0 Å². The van der Waals surface area contributed by atoms with E-state index in [2.05, 4.69) is 17.4 Å². The lowest BCUT2D eigenvalue weighted by Gasteiger charge is -2.05. The Balaban J connectivity index is 1.14. The molecule has 0 fully saturated rings. The Morgan fingerprint density at radius 2 is 1.33 bits per heavy atom. The van der Waals surface area contributed by atoms with Crippen LogP contribution < -0.4 is 5.32 Å². The fourth-order valence-electron chi connectivity index (χ4n) is 4.17. The maximum Gasteiger partial charge on any atom is 0.258 e. The van der Waals surface area contributed by atoms with E-state index in [0.29, 0.717) is 11.1 Å². The van der Waals surface area contributed by atoms with Crippen LogP contribution >= 0.6 is 0 Å². The average molecular weight is 482 g/mol. The van der Waals surface area contributed by atoms with Crippen molar-refractivity contribution in [3.05, 3.63) is 119 Å². The van der Waals surface area contributed by atoms with Gasteiger partial charge in [-0.05, 0) is 78.3 Å². The summed E-state index contributed by atoms with van der Waals surface area (Å²) in [5.74, 6) is -1.20. The summed E-state index contributed by atoms with van der Waals surface area (Å²) in [4.78, 5) is 35.2. The highest BCUT2D eigenvalue weighted by Crippen LogP contribution is 2.20. The Bertz CT molecular complexity index is 1290. The molecule has 0 aliphatic carbocycles. The molecule has 3 aromatic rings. The maximum absolute atomic E-state index is 13.0. The van der Waals surface area contributed by atoms with Crippen LogP contribution in [-0.2, 0) is 22.4 Å². The molecule has 182 valence electrons. The summed E-state index contributed by atoms with van der Waals surface area (Å²) in [6.07, 6.45) is 11.2. The fourth-order valence-corrected chi connectivity index (χ4v) is 4.17. The average Bonchev–Trinajstić information content (AvgIpc) is 3.23. The first-order chi connectivity index (χ1) is 17.5. The first kappa shape index (κ1) is 25.0. The molecule has 1 N–H and O–H groups in total. The third kappa shape index (κ3) is 6.95. The molecule has 0 spiro atoms. The van der Waals surface area contributed by atoms with Crippen LogP contribution in [-0.4, -0.2) is 17.6 Å². The van der Waals surface area contributed by atoms with Gasteiger partial charge in [-0.1, -0.05) is 67.4 Å². The van der Waals surface area contributed by atoms with Crippen LogP contribution in [0.2, 0.25) is 0 Å². The molecule has 3 aromatic carbocycles. The number of carbonyl (C=O) groups is 3. The lowest BCUT2D eigenvalue weighted by molar-refractivity contribution is -0.123. The normalized spacial score (nSPS) is 13.2. The molecule has 0 saturated carbocycles. The molecule has 0 bridgehead atoms. The molecule has 1 heterocycles. The van der Waals surface area contributed by atoms with Gasteiger partial charge in [0.2, 0.25) is 0 Å². The smallest absolute Gasteiger partial charge is 0.258 e. The third-order valence-electron chi connectivity index (χ3n) is 6.24. The molecular weight excluding hydrogens is 453 g/mol. The number of amides is 2. The largest absolute Gasteiger partial charge is 0.289 e. The lowest BCUT2D eigenvalue weighted by atomic mass is 10.00. The second kappa shape index (κ2) is 12.0. The highest BCUT2D eigenvalue weighted by molar-refractivity contribution is 6.33. The Hall–Kier alpha value is -4.12. The van der Waals surface area contributed by atoms with Gasteiger partial charge in [-0.2, -0.15) is 0 Å². The van der Waals surface area contributed by atoms with Gasteiger partial charge in [0.25, 0.3) is 11.8 Å². The topological polar surface area (TPSA) is 63.2 Å². The molecule has 4 nitrogen and oxygen atoms in total. The summed E-state index contributed by atoms with van der Waals surface area (Å²) in [6, 6.07) is 21.6. The van der Waals surface area contributed by atoms with Crippen molar-refractivity contribution in [3.63, 3.8) is 0 Å². The quantitative estimate of drug-likeness (QED) is 0.156. The van der Waals surface area contributed by atoms with Crippen molar-refractivity contribution in [2.45, 2.75) is 38.5 Å². The van der Waals surface area contributed by atoms with Gasteiger partial charge in [0.05, 0.1) is 5.57 Å². The highest BCUT2D eigenvalue weighted by atomic mass is 19.1. The minimum Gasteiger partial charge on any atom is -0.289 e. The van der Waals surface area contributed by atoms with Crippen LogP contribution in [0.5, 0.6) is 0 Å². The van der Waals surface area contributed by atoms with Crippen molar-refractivity contribution in [2.24, 2.45) is 0 Å². The first-order valence-electron chi connectivity index (χ1n) is 12.2. The van der Waals surface area contributed by atoms with Crippen molar-refractivity contribution < 1.29 is 18.8 Å². The first-order valence-corrected chi connectivity index (χ1v) is 12.2. The number of hydrogen-bond acceptors (Lipinski definition) is 3. The zero-order chi connectivity index (χ0) is 25.3. The van der Waals surface area contributed by atoms with Crippen LogP contribution in [0.1, 0.15) is 58.3 Å². The molecule has 4 rings (SSSR count). The van der Waals surface area contributed by atoms with Gasteiger partial charge in [0.15, 0.2) is 5.78 Å². The molecule has 1 aliphatic heterocycles. The Labute approximate surface area is 210 Å². The predicted molar refractivity (Wildman–Crippen MR) is 140 cm³/mol. The minimum atomic E-state index is -0.359. The van der Waals surface area contributed by atoms with Crippen LogP contribution in [0.25, 0.3) is 11.6 Å². The molecule has 0 unspecified atom stereocenters. The summed E-state index contributed by atoms with van der Waals surface area (Å²) in [5.41, 5.74) is 5.12. The summed E-state index contributed by atoms with van der Waals surface area (Å²) in [5, 5.41) is 2.27. The number of rotatable bonds is 11. The molecule has 2 amide bonds. The number of carbonyl (C=O) groups excluding carboxylic acids is 3. The molecule has 0 atom stereocenters. The van der Waals surface area contributed by atoms with E-state index in [1.165, 1.54) is 47.5 Å². The number of allylic oxidation sites excluding steroid dienone is 1. The number of benzene rings is 3. The molecular formula is C31H28FNO3. The van der Waals surface area contributed by atoms with Crippen molar-refractivity contribution in [1.82, 2.24) is 5.32 Å². The molecule has 0 aromatic heterocycles. The van der Waals surface area contributed by atoms with E-state index in [0.717, 1.165) is 49.7 Å². The number of nitrogens with one attached hydrogen (secondary N) is 1. The number of unbranched alkanes of at least 4 members (excludes halogenated alkanes) is 3. The summed E-state index contributed by atoms with van der Waals surface area (Å²) in [6.45, 7) is 0. The van der Waals surface area contributed by atoms with Gasteiger partial charge in [-0.25, -0.2) is 4.39 Å². The van der Waals surface area contributed by atoms with Crippen LogP contribution in [0.3, 0.4) is 0 Å². The molecule has 0 saturated heterocycles. The Kier molecular flexibility index (Phi) is 8.35. The van der Waals surface area contributed by atoms with Gasteiger partial charge >= 0.3 is 0 Å². The van der Waals surface area contributed by atoms with E-state index in [1.54, 1.807) is 6.08 Å². The lowest BCUT2D eigenvalue weighted by Crippen LogP contribution is -2.21. The maximum atomic E-state index is 13.0. The SMILES string of the molecule is O=C1C=C(c2ccc(CCCCCCc3ccc(C=CC(=O)c4ccc(F)cc4)cc3)cc2)C(=O)N1. The van der Waals surface area contributed by atoms with Crippen LogP contribution in [0, 0.1) is 5.82 Å². The molecule has 5 heteroatoms. The minimum absolute atomic E-state index is 0.148. The summed E-state index contributed by atoms with van der Waals surface area (Å²) in [7, 11) is 0. The van der Waals surface area contributed by atoms with Gasteiger partial charge in [-0.3, -0.25) is 19.7 Å². The van der Waals surface area contributed by atoms with E-state index in [9.17, 15) is 18.8 Å². The second-order valence-electron chi connectivity index (χ2n) is 8.93. The van der Waals surface area contributed by atoms with Crippen LogP contribution in [0.15, 0.2) is 84.9 Å². The number of ketones is 1. The molecule has 0 radical (unpaired) electrons. The number of hydrogen-bond donors (Lipinski definition) is 1. The number of aryl methyl sites for hydroxylation is 2. The standard InChI is InChI=1S/C31H28FNO3/c32-27-18-16-26(17-19-27)29(34)20-13-24-9-7-22(8-10-24)5-3-1-2-4-6-23-11-14-25(15-12-23)28-21-30(35)33-31(28)36/h7-21H,1-6H2,(H,33,35,36). The second-order valence-corrected chi connectivity index (χ2v) is 8.93. The number of imide groups is 1. The van der Waals surface area contributed by atoms with Gasteiger partial charge < -0.3 is 0 Å². The van der Waals surface area contributed by atoms with Gasteiger partial charge in [0, 0.05) is 11.6 Å². The number of halogens is 1. The van der Waals surface area contributed by atoms with Gasteiger partial charge in [0.1, 0.15) is 5.82 Å². The van der Waals surface area contributed by atoms with E-state index in [4.69, 9.17) is 0 Å². The van der Waals surface area contributed by atoms with Crippen molar-refractivity contribution >= 4 is 29.2 Å². The fraction of sp³-hybridized carbons (Fsp3) is 0.194. The molecule has 1 aliphatic rings. The van der Waals surface area contributed by atoms with E-state index in [-0.39, 0.29) is 23.4 Å². The van der Waals surface area contributed by atoms with Crippen molar-refractivity contribution in [2.75, 3.05) is 0 Å². The third-order valence-corrected chi connectivity index (χ3v) is 6.24.